The molecule has 0 radical (unpaired) electrons. The minimum Gasteiger partial charge on any atom is -0.389 e. The first-order valence-electron chi connectivity index (χ1n) is 7.99. The summed E-state index contributed by atoms with van der Waals surface area (Å²) in [5.74, 6) is -0.228. The van der Waals surface area contributed by atoms with Crippen LogP contribution in [0.1, 0.15) is 60.4 Å². The third kappa shape index (κ3) is 1.74. The number of benzene rings is 2. The van der Waals surface area contributed by atoms with Gasteiger partial charge < -0.3 is 10.2 Å². The van der Waals surface area contributed by atoms with Crippen LogP contribution in [-0.2, 0) is 5.41 Å². The summed E-state index contributed by atoms with van der Waals surface area (Å²) in [7, 11) is 0. The quantitative estimate of drug-likeness (QED) is 0.782. The smallest absolute Gasteiger partial charge is 0.0917 e. The van der Waals surface area contributed by atoms with Crippen molar-refractivity contribution in [3.63, 3.8) is 0 Å². The normalized spacial score (nSPS) is 29.1. The van der Waals surface area contributed by atoms with Crippen LogP contribution in [-0.4, -0.2) is 22.4 Å². The van der Waals surface area contributed by atoms with Gasteiger partial charge in [-0.15, -0.1) is 0 Å². The molecule has 5 rings (SSSR count). The first-order valence-corrected chi connectivity index (χ1v) is 7.99. The molecule has 0 saturated carbocycles. The van der Waals surface area contributed by atoms with Gasteiger partial charge in [-0.2, -0.15) is 0 Å². The first kappa shape index (κ1) is 14.0. The van der Waals surface area contributed by atoms with Crippen LogP contribution in [0.4, 0.5) is 0 Å². The Morgan fingerprint density at radius 3 is 1.77 bits per heavy atom. The van der Waals surface area contributed by atoms with E-state index in [2.05, 4.69) is 51.1 Å². The average Bonchev–Trinajstić information content (AvgIpc) is 2.49. The number of rotatable bonds is 0. The van der Waals surface area contributed by atoms with Crippen molar-refractivity contribution >= 4 is 0 Å². The van der Waals surface area contributed by atoms with Gasteiger partial charge in [-0.3, -0.25) is 0 Å². The molecule has 0 amide bonds. The van der Waals surface area contributed by atoms with Crippen LogP contribution in [0.2, 0.25) is 0 Å². The lowest BCUT2D eigenvalue weighted by atomic mass is 9.60. The lowest BCUT2D eigenvalue weighted by Crippen LogP contribution is -2.47. The van der Waals surface area contributed by atoms with Gasteiger partial charge in [0.05, 0.1) is 12.2 Å². The highest BCUT2D eigenvalue weighted by atomic mass is 16.3. The number of hydrogen-bond donors (Lipinski definition) is 2. The van der Waals surface area contributed by atoms with E-state index in [1.807, 2.05) is 12.1 Å². The molecule has 0 fully saturated rings. The van der Waals surface area contributed by atoms with Crippen molar-refractivity contribution in [1.29, 1.82) is 0 Å². The summed E-state index contributed by atoms with van der Waals surface area (Å²) in [6.07, 6.45) is -1.43. The van der Waals surface area contributed by atoms with Crippen molar-refractivity contribution in [3.8, 4) is 0 Å². The van der Waals surface area contributed by atoms with E-state index in [4.69, 9.17) is 0 Å². The molecule has 3 aliphatic rings. The fourth-order valence-corrected chi connectivity index (χ4v) is 4.14. The van der Waals surface area contributed by atoms with E-state index in [1.165, 1.54) is 27.8 Å². The van der Waals surface area contributed by atoms with Crippen LogP contribution in [0, 0.1) is 0 Å². The molecule has 2 heteroatoms. The molecule has 4 atom stereocenters. The predicted octanol–water partition coefficient (Wildman–Crippen LogP) is 3.30. The topological polar surface area (TPSA) is 40.5 Å². The van der Waals surface area contributed by atoms with E-state index in [0.29, 0.717) is 0 Å². The Kier molecular flexibility index (Phi) is 2.82. The molecule has 0 aromatic heterocycles. The Hall–Kier alpha value is -1.64. The fraction of sp³-hybridized carbons (Fsp3) is 0.400. The lowest BCUT2D eigenvalue weighted by molar-refractivity contribution is -0.0154. The SMILES string of the molecule is CC(C)(C)c1ccc2c(c1)[C@H]1c3ccccc3[C@H]2[C@@H](O)[C@@H]1O. The van der Waals surface area contributed by atoms with Gasteiger partial charge in [0.1, 0.15) is 0 Å². The zero-order valence-electron chi connectivity index (χ0n) is 13.2. The zero-order chi connectivity index (χ0) is 15.6. The average molecular weight is 294 g/mol. The summed E-state index contributed by atoms with van der Waals surface area (Å²) >= 11 is 0. The van der Waals surface area contributed by atoms with Crippen molar-refractivity contribution in [2.24, 2.45) is 0 Å². The molecule has 0 unspecified atom stereocenters. The summed E-state index contributed by atoms with van der Waals surface area (Å²) in [5, 5.41) is 21.1. The lowest BCUT2D eigenvalue weighted by Gasteiger charge is -2.47. The van der Waals surface area contributed by atoms with E-state index >= 15 is 0 Å². The molecular weight excluding hydrogens is 272 g/mol. The molecule has 2 nitrogen and oxygen atoms in total. The molecule has 0 spiro atoms. The molecule has 0 aliphatic heterocycles. The highest BCUT2D eigenvalue weighted by molar-refractivity contribution is 5.58. The summed E-state index contributed by atoms with van der Waals surface area (Å²) in [6, 6.07) is 14.8. The Labute approximate surface area is 131 Å². The van der Waals surface area contributed by atoms with Crippen molar-refractivity contribution in [1.82, 2.24) is 0 Å². The first-order chi connectivity index (χ1) is 10.4. The third-order valence-electron chi connectivity index (χ3n) is 5.32. The van der Waals surface area contributed by atoms with Crippen molar-refractivity contribution < 1.29 is 10.2 Å². The highest BCUT2D eigenvalue weighted by Crippen LogP contribution is 2.53. The van der Waals surface area contributed by atoms with Crippen LogP contribution in [0.3, 0.4) is 0 Å². The van der Waals surface area contributed by atoms with Gasteiger partial charge in [0.15, 0.2) is 0 Å². The van der Waals surface area contributed by atoms with Gasteiger partial charge >= 0.3 is 0 Å². The van der Waals surface area contributed by atoms with Gasteiger partial charge in [-0.1, -0.05) is 63.2 Å². The fourth-order valence-electron chi connectivity index (χ4n) is 4.14. The molecule has 0 heterocycles. The van der Waals surface area contributed by atoms with Crippen molar-refractivity contribution in [2.75, 3.05) is 0 Å². The molecule has 2 bridgehead atoms. The number of aliphatic hydroxyl groups is 2. The highest BCUT2D eigenvalue weighted by Gasteiger charge is 2.48. The van der Waals surface area contributed by atoms with Gasteiger partial charge in [0.25, 0.3) is 0 Å². The maximum absolute atomic E-state index is 10.6. The van der Waals surface area contributed by atoms with E-state index in [-0.39, 0.29) is 17.3 Å². The van der Waals surface area contributed by atoms with Crippen LogP contribution in [0.15, 0.2) is 42.5 Å². The van der Waals surface area contributed by atoms with Gasteiger partial charge in [0.2, 0.25) is 0 Å². The van der Waals surface area contributed by atoms with Crippen molar-refractivity contribution in [3.05, 3.63) is 70.3 Å². The second-order valence-corrected chi connectivity index (χ2v) is 7.66. The van der Waals surface area contributed by atoms with E-state index in [0.717, 1.165) is 0 Å². The third-order valence-corrected chi connectivity index (χ3v) is 5.32. The van der Waals surface area contributed by atoms with E-state index in [1.54, 1.807) is 0 Å². The Balaban J connectivity index is 1.97. The molecule has 2 aromatic rings. The molecular formula is C20H22O2. The zero-order valence-corrected chi connectivity index (χ0v) is 13.2. The van der Waals surface area contributed by atoms with Crippen LogP contribution >= 0.6 is 0 Å². The molecule has 2 aromatic carbocycles. The second-order valence-electron chi connectivity index (χ2n) is 7.66. The molecule has 0 saturated heterocycles. The Morgan fingerprint density at radius 2 is 1.23 bits per heavy atom. The Bertz CT molecular complexity index is 742. The van der Waals surface area contributed by atoms with E-state index < -0.39 is 12.2 Å². The van der Waals surface area contributed by atoms with Gasteiger partial charge in [-0.25, -0.2) is 0 Å². The monoisotopic (exact) mass is 294 g/mol. The molecule has 22 heavy (non-hydrogen) atoms. The summed E-state index contributed by atoms with van der Waals surface area (Å²) in [4.78, 5) is 0. The predicted molar refractivity (Wildman–Crippen MR) is 87.3 cm³/mol. The van der Waals surface area contributed by atoms with Crippen LogP contribution in [0.25, 0.3) is 0 Å². The number of fused-ring (bicyclic) bond motifs is 1. The number of hydrogen-bond acceptors (Lipinski definition) is 2. The Morgan fingerprint density at radius 1 is 0.727 bits per heavy atom. The summed E-state index contributed by atoms with van der Waals surface area (Å²) in [6.45, 7) is 6.61. The van der Waals surface area contributed by atoms with Crippen LogP contribution in [0.5, 0.6) is 0 Å². The molecule has 114 valence electrons. The maximum Gasteiger partial charge on any atom is 0.0917 e. The van der Waals surface area contributed by atoms with Gasteiger partial charge in [-0.05, 0) is 33.2 Å². The van der Waals surface area contributed by atoms with Crippen LogP contribution < -0.4 is 0 Å². The number of aliphatic hydroxyl groups excluding tert-OH is 2. The summed E-state index contributed by atoms with van der Waals surface area (Å²) < 4.78 is 0. The summed E-state index contributed by atoms with van der Waals surface area (Å²) in [5.41, 5.74) is 6.06. The van der Waals surface area contributed by atoms with Gasteiger partial charge in [0, 0.05) is 11.8 Å². The minimum atomic E-state index is -0.720. The van der Waals surface area contributed by atoms with Crippen molar-refractivity contribution in [2.45, 2.75) is 50.2 Å². The maximum atomic E-state index is 10.6. The largest absolute Gasteiger partial charge is 0.389 e. The standard InChI is InChI=1S/C20H22O2/c1-20(2,3)11-8-9-14-15(10-11)17-13-7-5-4-6-12(13)16(14)18(21)19(17)22/h4-10,16-19,21-22H,1-3H3/t16-,17-,18-,19-/m1/s1. The second kappa shape index (κ2) is 4.43. The molecule has 2 N–H and O–H groups in total. The minimum absolute atomic E-state index is 0.0782. The van der Waals surface area contributed by atoms with E-state index in [9.17, 15) is 10.2 Å². The molecule has 3 aliphatic carbocycles.